The van der Waals surface area contributed by atoms with Gasteiger partial charge in [0.05, 0.1) is 24.7 Å². The number of ether oxygens (including phenoxy) is 1. The summed E-state index contributed by atoms with van der Waals surface area (Å²) in [4.78, 5) is 8.45. The maximum atomic E-state index is 5.58. The standard InChI is InChI=1S/C14H25N3O/c1-3-4-5-6-7-8-9-18-12-13-10-17-14(15-2)11-16-13/h10-11H,3-9,12H2,1-2H3,(H,15,17). The molecule has 1 N–H and O–H groups in total. The molecule has 0 saturated carbocycles. The molecule has 0 unspecified atom stereocenters. The first-order valence-corrected chi connectivity index (χ1v) is 6.93. The molecule has 0 aliphatic carbocycles. The molecule has 0 amide bonds. The number of nitrogens with zero attached hydrogens (tertiary/aromatic N) is 2. The van der Waals surface area contributed by atoms with Crippen LogP contribution in [0.25, 0.3) is 0 Å². The van der Waals surface area contributed by atoms with Crippen molar-refractivity contribution < 1.29 is 4.74 Å². The Labute approximate surface area is 110 Å². The molecular formula is C14H25N3O. The summed E-state index contributed by atoms with van der Waals surface area (Å²) in [6, 6.07) is 0. The molecule has 0 aliphatic heterocycles. The molecule has 18 heavy (non-hydrogen) atoms. The SMILES string of the molecule is CCCCCCCCOCc1cnc(NC)cn1. The first-order valence-electron chi connectivity index (χ1n) is 6.93. The van der Waals surface area contributed by atoms with E-state index in [0.717, 1.165) is 24.5 Å². The van der Waals surface area contributed by atoms with Crippen LogP contribution >= 0.6 is 0 Å². The van der Waals surface area contributed by atoms with Crippen molar-refractivity contribution in [1.82, 2.24) is 9.97 Å². The zero-order valence-corrected chi connectivity index (χ0v) is 11.6. The summed E-state index contributed by atoms with van der Waals surface area (Å²) >= 11 is 0. The number of nitrogens with one attached hydrogen (secondary N) is 1. The van der Waals surface area contributed by atoms with E-state index in [4.69, 9.17) is 4.74 Å². The molecule has 0 saturated heterocycles. The van der Waals surface area contributed by atoms with Gasteiger partial charge in [0.2, 0.25) is 0 Å². The van der Waals surface area contributed by atoms with Crippen LogP contribution in [0.5, 0.6) is 0 Å². The topological polar surface area (TPSA) is 47.0 Å². The van der Waals surface area contributed by atoms with E-state index < -0.39 is 0 Å². The van der Waals surface area contributed by atoms with Gasteiger partial charge in [0.25, 0.3) is 0 Å². The van der Waals surface area contributed by atoms with Crippen LogP contribution in [-0.4, -0.2) is 23.6 Å². The maximum Gasteiger partial charge on any atom is 0.144 e. The predicted octanol–water partition coefficient (Wildman–Crippen LogP) is 3.40. The zero-order chi connectivity index (χ0) is 13.1. The number of hydrogen-bond acceptors (Lipinski definition) is 4. The minimum absolute atomic E-state index is 0.561. The highest BCUT2D eigenvalue weighted by molar-refractivity contribution is 5.29. The molecule has 1 rings (SSSR count). The van der Waals surface area contributed by atoms with Gasteiger partial charge < -0.3 is 10.1 Å². The minimum atomic E-state index is 0.561. The van der Waals surface area contributed by atoms with E-state index in [-0.39, 0.29) is 0 Å². The summed E-state index contributed by atoms with van der Waals surface area (Å²) in [5.41, 5.74) is 0.889. The van der Waals surface area contributed by atoms with Gasteiger partial charge in [0, 0.05) is 13.7 Å². The van der Waals surface area contributed by atoms with Crippen molar-refractivity contribution in [3.63, 3.8) is 0 Å². The van der Waals surface area contributed by atoms with Gasteiger partial charge in [-0.2, -0.15) is 0 Å². The quantitative estimate of drug-likeness (QED) is 0.647. The molecule has 0 radical (unpaired) electrons. The van der Waals surface area contributed by atoms with Gasteiger partial charge in [0.15, 0.2) is 0 Å². The van der Waals surface area contributed by atoms with E-state index in [1.165, 1.54) is 32.1 Å². The summed E-state index contributed by atoms with van der Waals surface area (Å²) in [5, 5.41) is 2.94. The second-order valence-corrected chi connectivity index (χ2v) is 4.46. The number of aromatic nitrogens is 2. The number of hydrogen-bond donors (Lipinski definition) is 1. The molecule has 0 spiro atoms. The Morgan fingerprint density at radius 2 is 1.83 bits per heavy atom. The maximum absolute atomic E-state index is 5.58. The van der Waals surface area contributed by atoms with Crippen LogP contribution in [0, 0.1) is 0 Å². The normalized spacial score (nSPS) is 10.6. The third kappa shape index (κ3) is 6.55. The fourth-order valence-electron chi connectivity index (χ4n) is 1.72. The van der Waals surface area contributed by atoms with Crippen LogP contribution in [0.1, 0.15) is 51.1 Å². The zero-order valence-electron chi connectivity index (χ0n) is 11.6. The largest absolute Gasteiger partial charge is 0.375 e. The summed E-state index contributed by atoms with van der Waals surface area (Å²) in [5.74, 6) is 0.787. The van der Waals surface area contributed by atoms with Crippen LogP contribution in [0.3, 0.4) is 0 Å². The molecular weight excluding hydrogens is 226 g/mol. The van der Waals surface area contributed by atoms with Crippen molar-refractivity contribution in [3.05, 3.63) is 18.1 Å². The summed E-state index contributed by atoms with van der Waals surface area (Å²) in [6.07, 6.45) is 11.2. The summed E-state index contributed by atoms with van der Waals surface area (Å²) < 4.78 is 5.58. The Morgan fingerprint density at radius 3 is 2.50 bits per heavy atom. The van der Waals surface area contributed by atoms with Gasteiger partial charge in [-0.1, -0.05) is 39.0 Å². The lowest BCUT2D eigenvalue weighted by Gasteiger charge is -2.04. The van der Waals surface area contributed by atoms with Crippen molar-refractivity contribution in [2.75, 3.05) is 19.0 Å². The predicted molar refractivity (Wildman–Crippen MR) is 74.6 cm³/mol. The first kappa shape index (κ1) is 14.9. The van der Waals surface area contributed by atoms with Crippen LogP contribution in [0.15, 0.2) is 12.4 Å². The van der Waals surface area contributed by atoms with Crippen molar-refractivity contribution >= 4 is 5.82 Å². The Morgan fingerprint density at radius 1 is 1.06 bits per heavy atom. The smallest absolute Gasteiger partial charge is 0.144 e. The molecule has 1 heterocycles. The lowest BCUT2D eigenvalue weighted by molar-refractivity contribution is 0.114. The Kier molecular flexibility index (Phi) is 8.13. The molecule has 1 aromatic heterocycles. The molecule has 1 aromatic rings. The van der Waals surface area contributed by atoms with Crippen LogP contribution in [0.4, 0.5) is 5.82 Å². The molecule has 0 aliphatic rings. The molecule has 0 aromatic carbocycles. The summed E-state index contributed by atoms with van der Waals surface area (Å²) in [7, 11) is 1.83. The van der Waals surface area contributed by atoms with Crippen molar-refractivity contribution in [2.45, 2.75) is 52.1 Å². The monoisotopic (exact) mass is 251 g/mol. The average molecular weight is 251 g/mol. The number of rotatable bonds is 10. The Hall–Kier alpha value is -1.16. The van der Waals surface area contributed by atoms with Crippen molar-refractivity contribution in [2.24, 2.45) is 0 Å². The van der Waals surface area contributed by atoms with Crippen LogP contribution < -0.4 is 5.32 Å². The van der Waals surface area contributed by atoms with Crippen LogP contribution in [-0.2, 0) is 11.3 Å². The highest BCUT2D eigenvalue weighted by atomic mass is 16.5. The highest BCUT2D eigenvalue weighted by Gasteiger charge is 1.97. The van der Waals surface area contributed by atoms with E-state index in [9.17, 15) is 0 Å². The fourth-order valence-corrected chi connectivity index (χ4v) is 1.72. The molecule has 4 nitrogen and oxygen atoms in total. The van der Waals surface area contributed by atoms with Gasteiger partial charge in [-0.15, -0.1) is 0 Å². The molecule has 0 bridgehead atoms. The highest BCUT2D eigenvalue weighted by Crippen LogP contribution is 2.06. The minimum Gasteiger partial charge on any atom is -0.375 e. The van der Waals surface area contributed by atoms with Gasteiger partial charge >= 0.3 is 0 Å². The Balaban J connectivity index is 2.00. The number of unbranched alkanes of at least 4 members (excludes halogenated alkanes) is 5. The average Bonchev–Trinajstić information content (AvgIpc) is 2.42. The van der Waals surface area contributed by atoms with Gasteiger partial charge in [-0.3, -0.25) is 4.98 Å². The molecule has 4 heteroatoms. The van der Waals surface area contributed by atoms with E-state index >= 15 is 0 Å². The van der Waals surface area contributed by atoms with E-state index in [1.807, 2.05) is 7.05 Å². The van der Waals surface area contributed by atoms with Crippen LogP contribution in [0.2, 0.25) is 0 Å². The first-order chi connectivity index (χ1) is 8.86. The van der Waals surface area contributed by atoms with E-state index in [0.29, 0.717) is 6.61 Å². The van der Waals surface area contributed by atoms with Gasteiger partial charge in [0.1, 0.15) is 5.82 Å². The second kappa shape index (κ2) is 9.83. The molecule has 0 atom stereocenters. The lowest BCUT2D eigenvalue weighted by atomic mass is 10.1. The third-order valence-electron chi connectivity index (χ3n) is 2.85. The van der Waals surface area contributed by atoms with E-state index in [2.05, 4.69) is 22.2 Å². The second-order valence-electron chi connectivity index (χ2n) is 4.46. The van der Waals surface area contributed by atoms with Crippen molar-refractivity contribution in [3.8, 4) is 0 Å². The summed E-state index contributed by atoms with van der Waals surface area (Å²) in [6.45, 7) is 3.62. The van der Waals surface area contributed by atoms with Gasteiger partial charge in [-0.05, 0) is 6.42 Å². The molecule has 102 valence electrons. The van der Waals surface area contributed by atoms with Gasteiger partial charge in [-0.25, -0.2) is 4.98 Å². The fraction of sp³-hybridized carbons (Fsp3) is 0.714. The Bertz CT molecular complexity index is 300. The van der Waals surface area contributed by atoms with E-state index in [1.54, 1.807) is 12.4 Å². The lowest BCUT2D eigenvalue weighted by Crippen LogP contribution is -2.00. The number of anilines is 1. The van der Waals surface area contributed by atoms with Crippen molar-refractivity contribution in [1.29, 1.82) is 0 Å². The third-order valence-corrected chi connectivity index (χ3v) is 2.85. The molecule has 0 fully saturated rings.